The highest BCUT2D eigenvalue weighted by atomic mass is 16.6. The van der Waals surface area contributed by atoms with Crippen LogP contribution in [0.25, 0.3) is 0 Å². The fraction of sp³-hybridized carbons (Fsp3) is 0.467. The van der Waals surface area contributed by atoms with Gasteiger partial charge in [0, 0.05) is 6.07 Å². The molecule has 124 valence electrons. The molecule has 1 aliphatic heterocycles. The SMILES string of the molecule is COC(=O)c1cccc([N+](=O)[O-])c1C[NH+]1CCC[C@@H](C(N)=O)C1. The van der Waals surface area contributed by atoms with Gasteiger partial charge in [0.05, 0.1) is 42.2 Å². The van der Waals surface area contributed by atoms with Gasteiger partial charge < -0.3 is 15.4 Å². The molecule has 0 spiro atoms. The van der Waals surface area contributed by atoms with Crippen LogP contribution in [0.4, 0.5) is 5.69 Å². The minimum Gasteiger partial charge on any atom is -0.465 e. The van der Waals surface area contributed by atoms with E-state index in [1.165, 1.54) is 25.3 Å². The first-order chi connectivity index (χ1) is 10.9. The van der Waals surface area contributed by atoms with Crippen molar-refractivity contribution < 1.29 is 24.1 Å². The first-order valence-corrected chi connectivity index (χ1v) is 7.41. The van der Waals surface area contributed by atoms with Crippen LogP contribution in [0.1, 0.15) is 28.8 Å². The van der Waals surface area contributed by atoms with Gasteiger partial charge in [-0.2, -0.15) is 0 Å². The molecule has 3 N–H and O–H groups in total. The monoisotopic (exact) mass is 322 g/mol. The molecule has 8 heteroatoms. The lowest BCUT2D eigenvalue weighted by Crippen LogP contribution is -3.12. The molecule has 8 nitrogen and oxygen atoms in total. The summed E-state index contributed by atoms with van der Waals surface area (Å²) < 4.78 is 4.72. The number of nitro groups is 1. The predicted octanol–water partition coefficient (Wildman–Crippen LogP) is -0.338. The number of nitrogens with two attached hydrogens (primary N) is 1. The van der Waals surface area contributed by atoms with Gasteiger partial charge in [-0.25, -0.2) is 4.79 Å². The zero-order valence-electron chi connectivity index (χ0n) is 12.9. The quantitative estimate of drug-likeness (QED) is 0.437. The van der Waals surface area contributed by atoms with Crippen molar-refractivity contribution >= 4 is 17.6 Å². The molecule has 1 saturated heterocycles. The highest BCUT2D eigenvalue weighted by Crippen LogP contribution is 2.22. The average molecular weight is 322 g/mol. The molecule has 1 unspecified atom stereocenters. The number of rotatable bonds is 5. The molecule has 2 rings (SSSR count). The molecule has 23 heavy (non-hydrogen) atoms. The zero-order valence-corrected chi connectivity index (χ0v) is 12.9. The first-order valence-electron chi connectivity index (χ1n) is 7.41. The van der Waals surface area contributed by atoms with Crippen LogP contribution < -0.4 is 10.6 Å². The van der Waals surface area contributed by atoms with E-state index in [2.05, 4.69) is 0 Å². The second kappa shape index (κ2) is 7.19. The third-order valence-electron chi connectivity index (χ3n) is 4.20. The molecule has 1 heterocycles. The zero-order chi connectivity index (χ0) is 17.0. The predicted molar refractivity (Wildman–Crippen MR) is 80.8 cm³/mol. The summed E-state index contributed by atoms with van der Waals surface area (Å²) in [4.78, 5) is 35.0. The number of likely N-dealkylation sites (tertiary alicyclic amines) is 1. The lowest BCUT2D eigenvalue weighted by Gasteiger charge is -2.28. The van der Waals surface area contributed by atoms with Crippen LogP contribution in [0, 0.1) is 16.0 Å². The summed E-state index contributed by atoms with van der Waals surface area (Å²) in [5, 5.41) is 11.3. The number of nitrogens with zero attached hydrogens (tertiary/aromatic N) is 1. The van der Waals surface area contributed by atoms with Gasteiger partial charge >= 0.3 is 5.97 Å². The van der Waals surface area contributed by atoms with Crippen LogP contribution in [0.3, 0.4) is 0 Å². The average Bonchev–Trinajstić information content (AvgIpc) is 2.54. The Morgan fingerprint density at radius 3 is 2.83 bits per heavy atom. The van der Waals surface area contributed by atoms with E-state index in [-0.39, 0.29) is 29.6 Å². The van der Waals surface area contributed by atoms with Gasteiger partial charge in [-0.1, -0.05) is 6.07 Å². The Morgan fingerprint density at radius 2 is 2.22 bits per heavy atom. The third-order valence-corrected chi connectivity index (χ3v) is 4.20. The van der Waals surface area contributed by atoms with Crippen molar-refractivity contribution in [1.82, 2.24) is 0 Å². The number of quaternary nitrogens is 1. The number of hydrogen-bond donors (Lipinski definition) is 2. The number of methoxy groups -OCH3 is 1. The Bertz CT molecular complexity index is 632. The van der Waals surface area contributed by atoms with Crippen molar-refractivity contribution in [2.75, 3.05) is 20.2 Å². The molecule has 1 aliphatic rings. The normalized spacial score (nSPS) is 20.7. The molecule has 0 bridgehead atoms. The maximum Gasteiger partial charge on any atom is 0.338 e. The smallest absolute Gasteiger partial charge is 0.338 e. The Labute approximate surface area is 133 Å². The van der Waals surface area contributed by atoms with Crippen LogP contribution in [-0.2, 0) is 16.1 Å². The standard InChI is InChI=1S/C15H19N3O5/c1-23-15(20)11-5-2-6-13(18(21)22)12(11)9-17-7-3-4-10(8-17)14(16)19/h2,5-6,10H,3-4,7-9H2,1H3,(H2,16,19)/p+1/t10-/m1/s1. The highest BCUT2D eigenvalue weighted by molar-refractivity contribution is 5.92. The number of carbonyl (C=O) groups excluding carboxylic acids is 2. The molecular weight excluding hydrogens is 302 g/mol. The van der Waals surface area contributed by atoms with Crippen LogP contribution in [0.2, 0.25) is 0 Å². The molecule has 1 fully saturated rings. The Hall–Kier alpha value is -2.48. The fourth-order valence-corrected chi connectivity index (χ4v) is 3.04. The summed E-state index contributed by atoms with van der Waals surface area (Å²) >= 11 is 0. The second-order valence-corrected chi connectivity index (χ2v) is 5.67. The summed E-state index contributed by atoms with van der Waals surface area (Å²) in [6.45, 7) is 1.57. The first kappa shape index (κ1) is 16.9. The van der Waals surface area contributed by atoms with Gasteiger partial charge in [-0.05, 0) is 18.9 Å². The van der Waals surface area contributed by atoms with Gasteiger partial charge in [0.15, 0.2) is 0 Å². The largest absolute Gasteiger partial charge is 0.465 e. The lowest BCUT2D eigenvalue weighted by molar-refractivity contribution is -0.921. The summed E-state index contributed by atoms with van der Waals surface area (Å²) in [5.41, 5.74) is 5.78. The van der Waals surface area contributed by atoms with Crippen molar-refractivity contribution in [3.63, 3.8) is 0 Å². The molecule has 1 amide bonds. The van der Waals surface area contributed by atoms with Crippen LogP contribution in [-0.4, -0.2) is 37.0 Å². The van der Waals surface area contributed by atoms with E-state index in [0.29, 0.717) is 12.1 Å². The minimum atomic E-state index is -0.605. The van der Waals surface area contributed by atoms with Gasteiger partial charge in [-0.3, -0.25) is 14.9 Å². The van der Waals surface area contributed by atoms with Crippen molar-refractivity contribution in [2.45, 2.75) is 19.4 Å². The van der Waals surface area contributed by atoms with Gasteiger partial charge in [0.25, 0.3) is 5.69 Å². The molecule has 0 radical (unpaired) electrons. The number of nitrogens with one attached hydrogen (secondary N) is 1. The number of primary amides is 1. The molecular formula is C15H20N3O5+. The molecule has 1 aromatic carbocycles. The Kier molecular flexibility index (Phi) is 5.28. The van der Waals surface area contributed by atoms with E-state index in [1.807, 2.05) is 0 Å². The Balaban J connectivity index is 2.31. The van der Waals surface area contributed by atoms with E-state index < -0.39 is 10.9 Å². The fourth-order valence-electron chi connectivity index (χ4n) is 3.04. The molecule has 1 aromatic rings. The van der Waals surface area contributed by atoms with E-state index in [0.717, 1.165) is 24.3 Å². The summed E-state index contributed by atoms with van der Waals surface area (Å²) in [7, 11) is 1.24. The number of ether oxygens (including phenoxy) is 1. The molecule has 0 aliphatic carbocycles. The summed E-state index contributed by atoms with van der Waals surface area (Å²) in [5.74, 6) is -1.19. The van der Waals surface area contributed by atoms with Crippen LogP contribution >= 0.6 is 0 Å². The van der Waals surface area contributed by atoms with Crippen molar-refractivity contribution in [1.29, 1.82) is 0 Å². The molecule has 0 saturated carbocycles. The molecule has 0 aromatic heterocycles. The number of carbonyl (C=O) groups is 2. The van der Waals surface area contributed by atoms with Gasteiger partial charge in [0.2, 0.25) is 5.91 Å². The van der Waals surface area contributed by atoms with Crippen molar-refractivity contribution in [2.24, 2.45) is 11.7 Å². The number of piperidine rings is 1. The topological polar surface area (TPSA) is 117 Å². The second-order valence-electron chi connectivity index (χ2n) is 5.67. The molecule has 2 atom stereocenters. The van der Waals surface area contributed by atoms with Crippen molar-refractivity contribution in [3.05, 3.63) is 39.4 Å². The number of hydrogen-bond acceptors (Lipinski definition) is 5. The van der Waals surface area contributed by atoms with Crippen LogP contribution in [0.15, 0.2) is 18.2 Å². The van der Waals surface area contributed by atoms with Gasteiger partial charge in [0.1, 0.15) is 6.54 Å². The number of amides is 1. The van der Waals surface area contributed by atoms with E-state index in [1.54, 1.807) is 0 Å². The highest BCUT2D eigenvalue weighted by Gasteiger charge is 2.31. The maximum absolute atomic E-state index is 11.9. The summed E-state index contributed by atoms with van der Waals surface area (Å²) in [6, 6.07) is 4.35. The third kappa shape index (κ3) is 3.84. The summed E-state index contributed by atoms with van der Waals surface area (Å²) in [6.07, 6.45) is 1.55. The van der Waals surface area contributed by atoms with Crippen LogP contribution in [0.5, 0.6) is 0 Å². The minimum absolute atomic E-state index is 0.110. The Morgan fingerprint density at radius 1 is 1.48 bits per heavy atom. The number of benzene rings is 1. The van der Waals surface area contributed by atoms with E-state index in [4.69, 9.17) is 10.5 Å². The maximum atomic E-state index is 11.9. The number of nitro benzene ring substituents is 1. The lowest BCUT2D eigenvalue weighted by atomic mass is 9.96. The van der Waals surface area contributed by atoms with E-state index >= 15 is 0 Å². The van der Waals surface area contributed by atoms with Crippen molar-refractivity contribution in [3.8, 4) is 0 Å². The van der Waals surface area contributed by atoms with E-state index in [9.17, 15) is 19.7 Å². The van der Waals surface area contributed by atoms with Gasteiger partial charge in [-0.15, -0.1) is 0 Å². The number of esters is 1.